The Balaban J connectivity index is 1.38. The number of ether oxygens (including phenoxy) is 1. The van der Waals surface area contributed by atoms with Crippen molar-refractivity contribution in [2.45, 2.75) is 123 Å². The van der Waals surface area contributed by atoms with Crippen LogP contribution in [0.15, 0.2) is 12.7 Å². The summed E-state index contributed by atoms with van der Waals surface area (Å²) in [5, 5.41) is 0. The summed E-state index contributed by atoms with van der Waals surface area (Å²) in [6.45, 7) is 4.68. The van der Waals surface area contributed by atoms with Crippen LogP contribution in [-0.2, 0) is 20.4 Å². The molecule has 2 aromatic heterocycles. The second kappa shape index (κ2) is 20.7. The standard InChI is InChI=1S/C28H52N5O4PS/c1-3-4-5-6-7-10-13-16-19-39-20-17-14-11-8-9-12-15-18-37-38(34,35)24-36-25(2)21-33-23-32-26-27(29)30-22-31-28(26)33/h22-23,25H,3-21,24H2,1-2H3,(H,34,35)(H2,29,30,31)/p-1/t25-/m1/s1. The molecule has 1 unspecified atom stereocenters. The molecule has 0 saturated carbocycles. The predicted molar refractivity (Wildman–Crippen MR) is 161 cm³/mol. The average molecular weight is 585 g/mol. The number of rotatable bonds is 25. The van der Waals surface area contributed by atoms with Gasteiger partial charge in [0.25, 0.3) is 0 Å². The van der Waals surface area contributed by atoms with Crippen molar-refractivity contribution in [1.29, 1.82) is 0 Å². The minimum absolute atomic E-state index is 0.219. The molecule has 0 saturated heterocycles. The fraction of sp³-hybridized carbons (Fsp3) is 0.821. The SMILES string of the molecule is CCCCCCCCCCSCCCCCCCCCOP(=O)([O-])CO[C@H](C)Cn1cnc2c(N)ncnc21. The molecule has 2 N–H and O–H groups in total. The fourth-order valence-corrected chi connectivity index (χ4v) is 6.39. The molecule has 0 aromatic carbocycles. The van der Waals surface area contributed by atoms with Crippen molar-refractivity contribution in [2.24, 2.45) is 0 Å². The second-order valence-corrected chi connectivity index (χ2v) is 13.4. The molecule has 0 fully saturated rings. The molecular weight excluding hydrogens is 533 g/mol. The number of nitrogens with two attached hydrogens (primary N) is 1. The molecule has 11 heteroatoms. The highest BCUT2D eigenvalue weighted by molar-refractivity contribution is 7.99. The predicted octanol–water partition coefficient (Wildman–Crippen LogP) is 6.95. The van der Waals surface area contributed by atoms with E-state index in [2.05, 4.69) is 33.6 Å². The molecule has 0 aliphatic heterocycles. The van der Waals surface area contributed by atoms with Gasteiger partial charge in [-0.25, -0.2) is 15.0 Å². The Hall–Kier alpha value is -1.19. The number of hydrogen-bond acceptors (Lipinski definition) is 9. The Morgan fingerprint density at radius 3 is 2.15 bits per heavy atom. The molecule has 0 radical (unpaired) electrons. The first-order chi connectivity index (χ1) is 18.9. The maximum atomic E-state index is 12.2. The molecule has 224 valence electrons. The Morgan fingerprint density at radius 1 is 0.923 bits per heavy atom. The molecule has 2 aromatic rings. The van der Waals surface area contributed by atoms with Gasteiger partial charge in [0.1, 0.15) is 18.2 Å². The molecule has 9 nitrogen and oxygen atoms in total. The van der Waals surface area contributed by atoms with Gasteiger partial charge in [-0.15, -0.1) is 0 Å². The van der Waals surface area contributed by atoms with Crippen LogP contribution in [-0.4, -0.2) is 50.1 Å². The lowest BCUT2D eigenvalue weighted by Gasteiger charge is -2.25. The second-order valence-electron chi connectivity index (χ2n) is 10.4. The van der Waals surface area contributed by atoms with Crippen LogP contribution in [0.1, 0.15) is 110 Å². The molecule has 0 amide bonds. The van der Waals surface area contributed by atoms with Crippen molar-refractivity contribution in [3.05, 3.63) is 12.7 Å². The Morgan fingerprint density at radius 2 is 1.51 bits per heavy atom. The van der Waals surface area contributed by atoms with Crippen LogP contribution in [0.3, 0.4) is 0 Å². The van der Waals surface area contributed by atoms with Gasteiger partial charge in [0, 0.05) is 0 Å². The Labute approximate surface area is 240 Å². The van der Waals surface area contributed by atoms with E-state index in [4.69, 9.17) is 15.0 Å². The summed E-state index contributed by atoms with van der Waals surface area (Å²) in [5.41, 5.74) is 6.91. The molecule has 2 heterocycles. The lowest BCUT2D eigenvalue weighted by atomic mass is 10.1. The van der Waals surface area contributed by atoms with Crippen LogP contribution in [0, 0.1) is 0 Å². The highest BCUT2D eigenvalue weighted by Crippen LogP contribution is 2.37. The Bertz CT molecular complexity index is 948. The van der Waals surface area contributed by atoms with E-state index >= 15 is 0 Å². The van der Waals surface area contributed by atoms with Crippen molar-refractivity contribution in [3.63, 3.8) is 0 Å². The molecule has 0 aliphatic carbocycles. The van der Waals surface area contributed by atoms with Crippen molar-refractivity contribution in [1.82, 2.24) is 19.5 Å². The minimum atomic E-state index is -4.03. The zero-order valence-corrected chi connectivity index (χ0v) is 25.9. The third-order valence-electron chi connectivity index (χ3n) is 6.76. The van der Waals surface area contributed by atoms with E-state index in [1.807, 2.05) is 0 Å². The van der Waals surface area contributed by atoms with Gasteiger partial charge < -0.3 is 29.0 Å². The summed E-state index contributed by atoms with van der Waals surface area (Å²) in [4.78, 5) is 24.5. The number of fused-ring (bicyclic) bond motifs is 1. The van der Waals surface area contributed by atoms with Gasteiger partial charge >= 0.3 is 0 Å². The molecule has 39 heavy (non-hydrogen) atoms. The van der Waals surface area contributed by atoms with Gasteiger partial charge in [-0.05, 0) is 37.7 Å². The van der Waals surface area contributed by atoms with Crippen LogP contribution >= 0.6 is 19.4 Å². The average Bonchev–Trinajstić information content (AvgIpc) is 3.32. The quantitative estimate of drug-likeness (QED) is 0.0974. The summed E-state index contributed by atoms with van der Waals surface area (Å²) in [6.07, 6.45) is 21.2. The number of imidazole rings is 1. The topological polar surface area (TPSA) is 128 Å². The van der Waals surface area contributed by atoms with Crippen LogP contribution in [0.25, 0.3) is 11.2 Å². The first-order valence-corrected chi connectivity index (χ1v) is 17.9. The van der Waals surface area contributed by atoms with E-state index in [-0.39, 0.29) is 12.7 Å². The number of nitrogens with zero attached hydrogens (tertiary/aromatic N) is 4. The zero-order valence-electron chi connectivity index (χ0n) is 24.2. The van der Waals surface area contributed by atoms with E-state index in [0.29, 0.717) is 23.5 Å². The maximum absolute atomic E-state index is 12.2. The number of thioether (sulfide) groups is 1. The van der Waals surface area contributed by atoms with Gasteiger partial charge in [0.05, 0.1) is 25.6 Å². The summed E-state index contributed by atoms with van der Waals surface area (Å²) in [5.74, 6) is 2.91. The molecule has 2 rings (SSSR count). The monoisotopic (exact) mass is 584 g/mol. The van der Waals surface area contributed by atoms with Gasteiger partial charge in [0.15, 0.2) is 19.1 Å². The van der Waals surface area contributed by atoms with Crippen LogP contribution in [0.4, 0.5) is 5.82 Å². The minimum Gasteiger partial charge on any atom is -0.777 e. The number of unbranched alkanes of at least 4 members (excludes halogenated alkanes) is 13. The summed E-state index contributed by atoms with van der Waals surface area (Å²) < 4.78 is 24.6. The van der Waals surface area contributed by atoms with Gasteiger partial charge in [0.2, 0.25) is 0 Å². The molecule has 0 bridgehead atoms. The van der Waals surface area contributed by atoms with Crippen LogP contribution in [0.2, 0.25) is 0 Å². The van der Waals surface area contributed by atoms with Crippen molar-refractivity contribution < 1.29 is 18.7 Å². The number of anilines is 1. The lowest BCUT2D eigenvalue weighted by molar-refractivity contribution is -0.205. The van der Waals surface area contributed by atoms with Crippen molar-refractivity contribution >= 4 is 36.3 Å². The van der Waals surface area contributed by atoms with E-state index < -0.39 is 13.9 Å². The highest BCUT2D eigenvalue weighted by atomic mass is 32.2. The van der Waals surface area contributed by atoms with Crippen molar-refractivity contribution in [3.8, 4) is 0 Å². The molecule has 0 aliphatic rings. The van der Waals surface area contributed by atoms with E-state index in [1.165, 1.54) is 94.9 Å². The number of hydrogen-bond donors (Lipinski definition) is 1. The van der Waals surface area contributed by atoms with Crippen LogP contribution < -0.4 is 10.6 Å². The third kappa shape index (κ3) is 15.4. The number of nitrogen functional groups attached to an aromatic ring is 1. The van der Waals surface area contributed by atoms with E-state index in [9.17, 15) is 9.46 Å². The van der Waals surface area contributed by atoms with E-state index in [0.717, 1.165) is 19.3 Å². The maximum Gasteiger partial charge on any atom is 0.165 e. The largest absolute Gasteiger partial charge is 0.777 e. The smallest absolute Gasteiger partial charge is 0.165 e. The van der Waals surface area contributed by atoms with Crippen LogP contribution in [0.5, 0.6) is 0 Å². The zero-order chi connectivity index (χ0) is 28.2. The summed E-state index contributed by atoms with van der Waals surface area (Å²) >= 11 is 2.11. The van der Waals surface area contributed by atoms with E-state index in [1.54, 1.807) is 17.8 Å². The highest BCUT2D eigenvalue weighted by Gasteiger charge is 2.14. The van der Waals surface area contributed by atoms with Gasteiger partial charge in [-0.1, -0.05) is 84.0 Å². The molecule has 0 spiro atoms. The van der Waals surface area contributed by atoms with Gasteiger partial charge in [-0.2, -0.15) is 11.8 Å². The normalized spacial score (nSPS) is 14.1. The number of aromatic nitrogens is 4. The van der Waals surface area contributed by atoms with Gasteiger partial charge in [-0.3, -0.25) is 0 Å². The van der Waals surface area contributed by atoms with Crippen molar-refractivity contribution in [2.75, 3.05) is 30.2 Å². The molecular formula is C28H51N5O4PS-. The summed E-state index contributed by atoms with van der Waals surface area (Å²) in [7, 11) is -4.03. The third-order valence-corrected chi connectivity index (χ3v) is 8.96. The Kier molecular flexibility index (Phi) is 18.0. The molecule has 2 atom stereocenters. The fourth-order valence-electron chi connectivity index (χ4n) is 4.45. The summed E-state index contributed by atoms with van der Waals surface area (Å²) in [6, 6.07) is 0. The first-order valence-electron chi connectivity index (χ1n) is 15.0. The first kappa shape index (κ1) is 34.0. The lowest BCUT2D eigenvalue weighted by Crippen LogP contribution is -2.20.